The lowest BCUT2D eigenvalue weighted by Gasteiger charge is -2.32. The van der Waals surface area contributed by atoms with E-state index in [0.717, 1.165) is 33.7 Å². The molecule has 0 saturated carbocycles. The Kier molecular flexibility index (Phi) is 9.46. The van der Waals surface area contributed by atoms with Gasteiger partial charge in [-0.25, -0.2) is 8.42 Å². The number of hydrogen-bond acceptors (Lipinski definition) is 4. The lowest BCUT2D eigenvalue weighted by Crippen LogP contribution is -2.52. The summed E-state index contributed by atoms with van der Waals surface area (Å²) in [7, 11) is -3.73. The number of sulfonamides is 1. The molecule has 0 heterocycles. The number of anilines is 1. The summed E-state index contributed by atoms with van der Waals surface area (Å²) in [4.78, 5) is 27.6. The van der Waals surface area contributed by atoms with Crippen molar-refractivity contribution < 1.29 is 18.0 Å². The molecule has 0 aromatic heterocycles. The fourth-order valence-corrected chi connectivity index (χ4v) is 4.47. The van der Waals surface area contributed by atoms with E-state index < -0.39 is 22.0 Å². The predicted molar refractivity (Wildman–Crippen MR) is 133 cm³/mol. The predicted octanol–water partition coefficient (Wildman–Crippen LogP) is 3.06. The molecule has 33 heavy (non-hydrogen) atoms. The van der Waals surface area contributed by atoms with Crippen LogP contribution in [0.1, 0.15) is 37.0 Å². The zero-order valence-corrected chi connectivity index (χ0v) is 21.0. The maximum absolute atomic E-state index is 13.5. The van der Waals surface area contributed by atoms with Crippen LogP contribution >= 0.6 is 0 Å². The normalized spacial score (nSPS) is 12.2. The van der Waals surface area contributed by atoms with Crippen LogP contribution in [0.4, 0.5) is 5.69 Å². The molecule has 0 fully saturated rings. The first-order valence-electron chi connectivity index (χ1n) is 11.2. The molecular weight excluding hydrogens is 438 g/mol. The lowest BCUT2D eigenvalue weighted by atomic mass is 10.1. The van der Waals surface area contributed by atoms with Gasteiger partial charge in [-0.3, -0.25) is 13.9 Å². The fraction of sp³-hybridized carbons (Fsp3) is 0.440. The number of hydrogen-bond donors (Lipinski definition) is 1. The Morgan fingerprint density at radius 3 is 2.30 bits per heavy atom. The molecule has 180 valence electrons. The Balaban J connectivity index is 2.33. The summed E-state index contributed by atoms with van der Waals surface area (Å²) < 4.78 is 26.4. The topological polar surface area (TPSA) is 86.8 Å². The van der Waals surface area contributed by atoms with E-state index in [-0.39, 0.29) is 12.5 Å². The zero-order valence-electron chi connectivity index (χ0n) is 20.2. The van der Waals surface area contributed by atoms with Crippen molar-refractivity contribution in [3.63, 3.8) is 0 Å². The molecular formula is C25H35N3O4S. The van der Waals surface area contributed by atoms with Crippen molar-refractivity contribution in [1.29, 1.82) is 0 Å². The SMILES string of the molecule is CCCNC(=O)[C@@H](C)N(CCc1ccccc1)C(=O)CN(c1cccc(C)c1C)S(C)(=O)=O. The number of aryl methyl sites for hydroxylation is 1. The summed E-state index contributed by atoms with van der Waals surface area (Å²) in [5, 5.41) is 2.83. The van der Waals surface area contributed by atoms with Crippen LogP contribution in [0.3, 0.4) is 0 Å². The third kappa shape index (κ3) is 7.32. The van der Waals surface area contributed by atoms with E-state index in [1.165, 1.54) is 4.90 Å². The Hall–Kier alpha value is -2.87. The molecule has 1 N–H and O–H groups in total. The van der Waals surface area contributed by atoms with E-state index in [0.29, 0.717) is 25.2 Å². The molecule has 0 bridgehead atoms. The van der Waals surface area contributed by atoms with Crippen LogP contribution in [0.2, 0.25) is 0 Å². The van der Waals surface area contributed by atoms with E-state index in [9.17, 15) is 18.0 Å². The Labute approximate surface area is 197 Å². The van der Waals surface area contributed by atoms with Gasteiger partial charge in [0.15, 0.2) is 0 Å². The van der Waals surface area contributed by atoms with Crippen LogP contribution in [0.5, 0.6) is 0 Å². The molecule has 0 spiro atoms. The van der Waals surface area contributed by atoms with Crippen molar-refractivity contribution in [3.8, 4) is 0 Å². The molecule has 2 aromatic carbocycles. The van der Waals surface area contributed by atoms with Gasteiger partial charge in [-0.2, -0.15) is 0 Å². The van der Waals surface area contributed by atoms with Gasteiger partial charge in [0.25, 0.3) is 0 Å². The number of nitrogens with one attached hydrogen (secondary N) is 1. The molecule has 0 unspecified atom stereocenters. The van der Waals surface area contributed by atoms with E-state index in [1.807, 2.05) is 57.2 Å². The summed E-state index contributed by atoms with van der Waals surface area (Å²) in [6.45, 7) is 7.81. The van der Waals surface area contributed by atoms with Gasteiger partial charge in [-0.05, 0) is 56.4 Å². The van der Waals surface area contributed by atoms with Crippen LogP contribution in [-0.4, -0.2) is 57.1 Å². The first-order valence-corrected chi connectivity index (χ1v) is 13.1. The highest BCUT2D eigenvalue weighted by atomic mass is 32.2. The quantitative estimate of drug-likeness (QED) is 0.543. The van der Waals surface area contributed by atoms with Gasteiger partial charge in [0.1, 0.15) is 12.6 Å². The van der Waals surface area contributed by atoms with Crippen LogP contribution < -0.4 is 9.62 Å². The van der Waals surface area contributed by atoms with E-state index in [4.69, 9.17) is 0 Å². The molecule has 0 aliphatic carbocycles. The minimum Gasteiger partial charge on any atom is -0.354 e. The number of carbonyl (C=O) groups excluding carboxylic acids is 2. The largest absolute Gasteiger partial charge is 0.354 e. The van der Waals surface area contributed by atoms with Crippen molar-refractivity contribution in [1.82, 2.24) is 10.2 Å². The van der Waals surface area contributed by atoms with Crippen molar-refractivity contribution in [2.75, 3.05) is 30.2 Å². The summed E-state index contributed by atoms with van der Waals surface area (Å²) in [6.07, 6.45) is 2.43. The number of amides is 2. The summed E-state index contributed by atoms with van der Waals surface area (Å²) >= 11 is 0. The fourth-order valence-electron chi connectivity index (χ4n) is 3.57. The number of rotatable bonds is 11. The van der Waals surface area contributed by atoms with Crippen LogP contribution in [0.15, 0.2) is 48.5 Å². The maximum atomic E-state index is 13.5. The minimum absolute atomic E-state index is 0.254. The van der Waals surface area contributed by atoms with Crippen LogP contribution in [0, 0.1) is 13.8 Å². The van der Waals surface area contributed by atoms with Crippen LogP contribution in [0.25, 0.3) is 0 Å². The van der Waals surface area contributed by atoms with Gasteiger partial charge in [0, 0.05) is 13.1 Å². The highest BCUT2D eigenvalue weighted by molar-refractivity contribution is 7.92. The molecule has 0 aliphatic rings. The van der Waals surface area contributed by atoms with E-state index in [2.05, 4.69) is 5.32 Å². The molecule has 2 amide bonds. The van der Waals surface area contributed by atoms with Gasteiger partial charge < -0.3 is 10.2 Å². The molecule has 0 radical (unpaired) electrons. The van der Waals surface area contributed by atoms with Gasteiger partial charge in [0.2, 0.25) is 21.8 Å². The summed E-state index contributed by atoms with van der Waals surface area (Å²) in [5.41, 5.74) is 3.23. The molecule has 0 aliphatic heterocycles. The van der Waals surface area contributed by atoms with E-state index >= 15 is 0 Å². The average molecular weight is 474 g/mol. The molecule has 7 nitrogen and oxygen atoms in total. The number of benzene rings is 2. The third-order valence-electron chi connectivity index (χ3n) is 5.72. The zero-order chi connectivity index (χ0) is 24.6. The second kappa shape index (κ2) is 11.8. The van der Waals surface area contributed by atoms with Crippen molar-refractivity contribution in [2.45, 2.75) is 46.6 Å². The highest BCUT2D eigenvalue weighted by Crippen LogP contribution is 2.25. The monoisotopic (exact) mass is 473 g/mol. The Morgan fingerprint density at radius 1 is 1.03 bits per heavy atom. The van der Waals surface area contributed by atoms with Crippen molar-refractivity contribution in [2.24, 2.45) is 0 Å². The smallest absolute Gasteiger partial charge is 0.244 e. The molecule has 2 aromatic rings. The first-order chi connectivity index (χ1) is 15.6. The first kappa shape index (κ1) is 26.4. The standard InChI is InChI=1S/C25H35N3O4S/c1-6-16-26-25(30)21(4)27(17-15-22-12-8-7-9-13-22)24(29)18-28(33(5,31)32)23-14-10-11-19(2)20(23)3/h7-14,21H,6,15-18H2,1-5H3,(H,26,30)/t21-/m1/s1. The second-order valence-electron chi connectivity index (χ2n) is 8.28. The minimum atomic E-state index is -3.73. The number of carbonyl (C=O) groups is 2. The Morgan fingerprint density at radius 2 is 1.70 bits per heavy atom. The molecule has 1 atom stereocenters. The Bertz CT molecular complexity index is 1050. The van der Waals surface area contributed by atoms with E-state index in [1.54, 1.807) is 19.1 Å². The van der Waals surface area contributed by atoms with Crippen molar-refractivity contribution >= 4 is 27.5 Å². The highest BCUT2D eigenvalue weighted by Gasteiger charge is 2.30. The second-order valence-corrected chi connectivity index (χ2v) is 10.2. The van der Waals surface area contributed by atoms with Gasteiger partial charge in [0.05, 0.1) is 11.9 Å². The number of nitrogens with zero attached hydrogens (tertiary/aromatic N) is 2. The summed E-state index contributed by atoms with van der Waals surface area (Å²) in [5.74, 6) is -0.674. The summed E-state index contributed by atoms with van der Waals surface area (Å²) in [6, 6.07) is 14.3. The van der Waals surface area contributed by atoms with Gasteiger partial charge >= 0.3 is 0 Å². The lowest BCUT2D eigenvalue weighted by molar-refractivity contribution is -0.138. The van der Waals surface area contributed by atoms with Gasteiger partial charge in [-0.1, -0.05) is 49.4 Å². The van der Waals surface area contributed by atoms with Gasteiger partial charge in [-0.15, -0.1) is 0 Å². The van der Waals surface area contributed by atoms with Crippen molar-refractivity contribution in [3.05, 3.63) is 65.2 Å². The molecule has 8 heteroatoms. The third-order valence-corrected chi connectivity index (χ3v) is 6.85. The van der Waals surface area contributed by atoms with Crippen LogP contribution in [-0.2, 0) is 26.0 Å². The maximum Gasteiger partial charge on any atom is 0.244 e. The molecule has 2 rings (SSSR count). The molecule has 0 saturated heterocycles. The average Bonchev–Trinajstić information content (AvgIpc) is 2.77.